The van der Waals surface area contributed by atoms with Gasteiger partial charge in [0, 0.05) is 0 Å². The quantitative estimate of drug-likeness (QED) is 0.128. The summed E-state index contributed by atoms with van der Waals surface area (Å²) in [4.78, 5) is 0.234. The van der Waals surface area contributed by atoms with Crippen LogP contribution in [-0.4, -0.2) is 43.9 Å². The smallest absolute Gasteiger partial charge is 0.296 e. The van der Waals surface area contributed by atoms with Crippen molar-refractivity contribution in [3.8, 4) is 0 Å². The summed E-state index contributed by atoms with van der Waals surface area (Å²) in [6, 6.07) is 6.90. The Bertz CT molecular complexity index is 1480. The predicted octanol–water partition coefficient (Wildman–Crippen LogP) is 11.9. The molecular weight excluding hydrogens is 673 g/mol. The third kappa shape index (κ3) is 9.25. The number of allylic oxidation sites excluding steroid dienone is 3. The minimum absolute atomic E-state index is 0.0190. The molecule has 0 spiro atoms. The molecule has 0 aromatic heterocycles. The van der Waals surface area contributed by atoms with Gasteiger partial charge in [0.2, 0.25) is 0 Å². The summed E-state index contributed by atoms with van der Waals surface area (Å²) in [5, 5.41) is 0.243. The van der Waals surface area contributed by atoms with E-state index in [-0.39, 0.29) is 39.2 Å². The number of fused-ring (bicyclic) bond motifs is 1. The zero-order chi connectivity index (χ0) is 37.5. The molecule has 3 saturated carbocycles. The first-order valence-corrected chi connectivity index (χ1v) is 26.5. The number of hydrogen-bond donors (Lipinski definition) is 0. The van der Waals surface area contributed by atoms with Crippen molar-refractivity contribution in [3.05, 3.63) is 65.3 Å². The Morgan fingerprint density at radius 1 is 0.920 bits per heavy atom. The fourth-order valence-electron chi connectivity index (χ4n) is 8.22. The number of benzene rings is 1. The molecule has 1 aromatic rings. The molecule has 0 heterocycles. The van der Waals surface area contributed by atoms with Gasteiger partial charge in [-0.05, 0) is 135 Å². The van der Waals surface area contributed by atoms with Crippen LogP contribution in [0.2, 0.25) is 36.3 Å². The van der Waals surface area contributed by atoms with Crippen molar-refractivity contribution in [1.29, 1.82) is 0 Å². The first-order chi connectivity index (χ1) is 22.9. The second kappa shape index (κ2) is 15.2. The highest BCUT2D eigenvalue weighted by Crippen LogP contribution is 2.60. The molecule has 4 rings (SSSR count). The summed E-state index contributed by atoms with van der Waals surface area (Å²) in [5.41, 5.74) is 5.38. The van der Waals surface area contributed by atoms with E-state index in [0.29, 0.717) is 17.8 Å². The minimum atomic E-state index is -3.74. The fourth-order valence-corrected chi connectivity index (χ4v) is 11.7. The zero-order valence-corrected chi connectivity index (χ0v) is 36.7. The zero-order valence-electron chi connectivity index (χ0n) is 33.9. The Labute approximate surface area is 309 Å². The van der Waals surface area contributed by atoms with Gasteiger partial charge in [-0.3, -0.25) is 4.18 Å². The van der Waals surface area contributed by atoms with Gasteiger partial charge in [0.1, 0.15) is 0 Å². The Morgan fingerprint density at radius 3 is 1.98 bits per heavy atom. The van der Waals surface area contributed by atoms with Crippen molar-refractivity contribution in [2.24, 2.45) is 23.2 Å². The van der Waals surface area contributed by atoms with Gasteiger partial charge in [0.25, 0.3) is 10.1 Å². The summed E-state index contributed by atoms with van der Waals surface area (Å²) in [6.07, 6.45) is 13.4. The maximum atomic E-state index is 12.8. The maximum absolute atomic E-state index is 12.8. The van der Waals surface area contributed by atoms with Crippen molar-refractivity contribution in [2.75, 3.05) is 6.61 Å². The molecule has 0 aliphatic heterocycles. The lowest BCUT2D eigenvalue weighted by Crippen LogP contribution is -2.49. The molecule has 282 valence electrons. The summed E-state index contributed by atoms with van der Waals surface area (Å²) in [6.45, 7) is 34.9. The number of aryl methyl sites for hydroxylation is 1. The van der Waals surface area contributed by atoms with Crippen LogP contribution in [0.5, 0.6) is 0 Å². The van der Waals surface area contributed by atoms with Gasteiger partial charge >= 0.3 is 0 Å². The molecule has 0 unspecified atom stereocenters. The lowest BCUT2D eigenvalue weighted by Gasteiger charge is -2.46. The molecule has 0 radical (unpaired) electrons. The van der Waals surface area contributed by atoms with Crippen LogP contribution >= 0.6 is 0 Å². The van der Waals surface area contributed by atoms with Crippen LogP contribution in [0, 0.1) is 30.1 Å². The largest absolute Gasteiger partial charge is 0.410 e. The van der Waals surface area contributed by atoms with Crippen molar-refractivity contribution in [3.63, 3.8) is 0 Å². The average molecular weight is 743 g/mol. The highest BCUT2D eigenvalue weighted by molar-refractivity contribution is 7.86. The van der Waals surface area contributed by atoms with Gasteiger partial charge in [-0.2, -0.15) is 8.42 Å². The second-order valence-electron chi connectivity index (χ2n) is 19.2. The Balaban J connectivity index is 1.50. The van der Waals surface area contributed by atoms with Crippen molar-refractivity contribution < 1.29 is 21.5 Å². The normalized spacial score (nSPS) is 28.5. The molecule has 3 aliphatic carbocycles. The van der Waals surface area contributed by atoms with E-state index in [9.17, 15) is 8.42 Å². The third-order valence-corrected chi connectivity index (χ3v) is 23.9. The maximum Gasteiger partial charge on any atom is 0.296 e. The highest BCUT2D eigenvalue weighted by atomic mass is 32.2. The molecule has 0 bridgehead atoms. The van der Waals surface area contributed by atoms with E-state index in [0.717, 1.165) is 36.8 Å². The Morgan fingerprint density at radius 2 is 1.46 bits per heavy atom. The predicted molar refractivity (Wildman–Crippen MR) is 215 cm³/mol. The van der Waals surface area contributed by atoms with Crippen molar-refractivity contribution in [2.45, 2.75) is 167 Å². The molecule has 6 atom stereocenters. The monoisotopic (exact) mass is 742 g/mol. The Hall–Kier alpha value is -1.30. The van der Waals surface area contributed by atoms with Crippen LogP contribution in [-0.2, 0) is 23.2 Å². The molecule has 0 N–H and O–H groups in total. The summed E-state index contributed by atoms with van der Waals surface area (Å²) in [7, 11) is -7.78. The first kappa shape index (κ1) is 41.5. The van der Waals surface area contributed by atoms with Crippen LogP contribution in [0.3, 0.4) is 0 Å². The number of hydrogen-bond acceptors (Lipinski definition) is 5. The van der Waals surface area contributed by atoms with Crippen LogP contribution in [0.25, 0.3) is 0 Å². The van der Waals surface area contributed by atoms with Gasteiger partial charge < -0.3 is 8.85 Å². The molecule has 0 amide bonds. The lowest BCUT2D eigenvalue weighted by atomic mass is 9.61. The van der Waals surface area contributed by atoms with E-state index < -0.39 is 26.8 Å². The average Bonchev–Trinajstić information content (AvgIpc) is 3.34. The van der Waals surface area contributed by atoms with Crippen molar-refractivity contribution >= 4 is 26.8 Å². The van der Waals surface area contributed by atoms with Gasteiger partial charge in [-0.25, -0.2) is 0 Å². The van der Waals surface area contributed by atoms with E-state index in [1.807, 2.05) is 19.1 Å². The van der Waals surface area contributed by atoms with Crippen LogP contribution in [0.15, 0.2) is 64.6 Å². The first-order valence-electron chi connectivity index (χ1n) is 19.3. The SMILES string of the molecule is C=C1[C@H](O[Si](C)(C)C(C)(C)C)CC(=C/C=C2\CCC[C@]3(C)[C@@H]([C@H](C)CCOS(=O)(=O)c4ccc(C)cc4)CC[C@@H]23)C[C@H]1O[Si](C)(C)C(C)(C)C. The van der Waals surface area contributed by atoms with E-state index in [4.69, 9.17) is 13.0 Å². The molecule has 50 heavy (non-hydrogen) atoms. The second-order valence-corrected chi connectivity index (χ2v) is 30.4. The van der Waals surface area contributed by atoms with Gasteiger partial charge in [-0.15, -0.1) is 0 Å². The van der Waals surface area contributed by atoms with Crippen LogP contribution < -0.4 is 0 Å². The van der Waals surface area contributed by atoms with Crippen molar-refractivity contribution in [1.82, 2.24) is 0 Å². The molecular formula is C42H70O5SSi2. The van der Waals surface area contributed by atoms with E-state index in [1.54, 1.807) is 17.7 Å². The topological polar surface area (TPSA) is 61.8 Å². The molecule has 8 heteroatoms. The highest BCUT2D eigenvalue weighted by Gasteiger charge is 2.51. The van der Waals surface area contributed by atoms with Gasteiger partial charge in [0.05, 0.1) is 23.7 Å². The summed E-state index contributed by atoms with van der Waals surface area (Å²) < 4.78 is 45.3. The number of rotatable bonds is 11. The molecule has 3 fully saturated rings. The molecule has 1 aromatic carbocycles. The van der Waals surface area contributed by atoms with E-state index in [2.05, 4.69) is 100 Å². The van der Waals surface area contributed by atoms with E-state index >= 15 is 0 Å². The Kier molecular flexibility index (Phi) is 12.6. The minimum Gasteiger partial charge on any atom is -0.410 e. The molecule has 3 aliphatic rings. The molecule has 0 saturated heterocycles. The van der Waals surface area contributed by atoms with Gasteiger partial charge in [-0.1, -0.05) is 103 Å². The van der Waals surface area contributed by atoms with Crippen LogP contribution in [0.1, 0.15) is 112 Å². The third-order valence-electron chi connectivity index (χ3n) is 13.6. The summed E-state index contributed by atoms with van der Waals surface area (Å²) >= 11 is 0. The lowest BCUT2D eigenvalue weighted by molar-refractivity contribution is 0.0881. The fraction of sp³-hybridized carbons (Fsp3) is 0.714. The standard InChI is InChI=1S/C42H70O5SSi2/c1-30-17-21-35(22-18-30)48(43,44)45-27-25-31(2)36-23-24-37-34(16-15-26-42(36,37)10)20-19-33-28-38(46-49(11,12)40(4,5)6)32(3)39(29-33)47-50(13,14)41(7,8)9/h17-22,31,36-39H,3,15-16,23-29H2,1-2,4-14H3/b34-20+/t31-,36-,37+,38-,39-,42-/m1/s1. The van der Waals surface area contributed by atoms with Crippen LogP contribution in [0.4, 0.5) is 0 Å². The summed E-state index contributed by atoms with van der Waals surface area (Å²) in [5.74, 6) is 1.51. The van der Waals surface area contributed by atoms with Gasteiger partial charge in [0.15, 0.2) is 16.6 Å². The molecule has 5 nitrogen and oxygen atoms in total. The van der Waals surface area contributed by atoms with E-state index in [1.165, 1.54) is 31.3 Å².